The third-order valence-electron chi connectivity index (χ3n) is 2.97. The van der Waals surface area contributed by atoms with E-state index in [-0.39, 0.29) is 12.5 Å². The number of carbonyl (C=O) groups is 1. The summed E-state index contributed by atoms with van der Waals surface area (Å²) < 4.78 is 52.4. The topological polar surface area (TPSA) is 75.3 Å². The van der Waals surface area contributed by atoms with Crippen LogP contribution in [0.5, 0.6) is 0 Å². The fraction of sp³-hybridized carbons (Fsp3) is 0.118. The summed E-state index contributed by atoms with van der Waals surface area (Å²) in [7, 11) is -4.12. The van der Waals surface area contributed by atoms with Gasteiger partial charge in [-0.3, -0.25) is 4.79 Å². The van der Waals surface area contributed by atoms with Crippen molar-refractivity contribution in [3.8, 4) is 11.8 Å². The van der Waals surface area contributed by atoms with Gasteiger partial charge in [0.2, 0.25) is 15.9 Å². The van der Waals surface area contributed by atoms with Gasteiger partial charge in [0, 0.05) is 24.2 Å². The van der Waals surface area contributed by atoms with E-state index in [1.807, 2.05) is 0 Å². The van der Waals surface area contributed by atoms with Gasteiger partial charge in [0.15, 0.2) is 0 Å². The molecule has 8 heteroatoms. The van der Waals surface area contributed by atoms with E-state index in [9.17, 15) is 22.0 Å². The highest BCUT2D eigenvalue weighted by Crippen LogP contribution is 2.15. The molecule has 0 aliphatic carbocycles. The highest BCUT2D eigenvalue weighted by molar-refractivity contribution is 7.89. The summed E-state index contributed by atoms with van der Waals surface area (Å²) in [4.78, 5) is 10.3. The fourth-order valence-corrected chi connectivity index (χ4v) is 2.87. The van der Waals surface area contributed by atoms with Crippen LogP contribution in [0.3, 0.4) is 0 Å². The molecule has 130 valence electrons. The number of hydrogen-bond acceptors (Lipinski definition) is 3. The molecule has 0 aliphatic rings. The van der Waals surface area contributed by atoms with E-state index in [0.717, 1.165) is 12.1 Å². The Morgan fingerprint density at radius 3 is 2.40 bits per heavy atom. The summed E-state index contributed by atoms with van der Waals surface area (Å²) in [6.07, 6.45) is 0. The van der Waals surface area contributed by atoms with Crippen LogP contribution in [0.4, 0.5) is 14.5 Å². The van der Waals surface area contributed by atoms with Crippen molar-refractivity contribution in [2.24, 2.45) is 0 Å². The van der Waals surface area contributed by atoms with Crippen LogP contribution in [-0.4, -0.2) is 20.9 Å². The average Bonchev–Trinajstić information content (AvgIpc) is 2.52. The molecule has 2 rings (SSSR count). The Kier molecular flexibility index (Phi) is 5.85. The average molecular weight is 364 g/mol. The lowest BCUT2D eigenvalue weighted by atomic mass is 10.2. The summed E-state index contributed by atoms with van der Waals surface area (Å²) in [6.45, 7) is 1.15. The summed E-state index contributed by atoms with van der Waals surface area (Å²) in [6, 6.07) is 8.84. The molecule has 0 saturated heterocycles. The summed E-state index contributed by atoms with van der Waals surface area (Å²) in [5, 5.41) is 2.61. The largest absolute Gasteiger partial charge is 0.326 e. The molecule has 2 aromatic rings. The number of carbonyl (C=O) groups excluding carboxylic acids is 1. The normalized spacial score (nSPS) is 10.7. The first-order valence-corrected chi connectivity index (χ1v) is 8.57. The van der Waals surface area contributed by atoms with Gasteiger partial charge in [-0.25, -0.2) is 17.2 Å². The second-order valence-electron chi connectivity index (χ2n) is 4.96. The molecular formula is C17H14F2N2O3S. The van der Waals surface area contributed by atoms with Crippen molar-refractivity contribution < 1.29 is 22.0 Å². The molecular weight excluding hydrogens is 350 g/mol. The maximum Gasteiger partial charge on any atom is 0.244 e. The third-order valence-corrected chi connectivity index (χ3v) is 4.41. The predicted octanol–water partition coefficient (Wildman–Crippen LogP) is 2.25. The van der Waals surface area contributed by atoms with Gasteiger partial charge in [0.25, 0.3) is 0 Å². The third kappa shape index (κ3) is 5.38. The van der Waals surface area contributed by atoms with Gasteiger partial charge in [0.1, 0.15) is 16.5 Å². The quantitative estimate of drug-likeness (QED) is 0.817. The van der Waals surface area contributed by atoms with E-state index in [1.165, 1.54) is 6.92 Å². The van der Waals surface area contributed by atoms with Crippen LogP contribution in [0.1, 0.15) is 12.5 Å². The molecule has 0 aliphatic heterocycles. The van der Waals surface area contributed by atoms with Crippen molar-refractivity contribution in [2.45, 2.75) is 11.8 Å². The first-order valence-electron chi connectivity index (χ1n) is 7.09. The number of amides is 1. The molecule has 2 N–H and O–H groups in total. The molecule has 5 nitrogen and oxygen atoms in total. The zero-order chi connectivity index (χ0) is 18.4. The second-order valence-corrected chi connectivity index (χ2v) is 6.69. The van der Waals surface area contributed by atoms with Gasteiger partial charge >= 0.3 is 0 Å². The zero-order valence-corrected chi connectivity index (χ0v) is 14.0. The van der Waals surface area contributed by atoms with E-state index < -0.39 is 26.6 Å². The monoisotopic (exact) mass is 364 g/mol. The standard InChI is InChI=1S/C17H14F2N2O3S/c1-12(22)21-15-7-4-13(5-8-15)3-2-10-20-25(23,24)17-9-6-14(18)11-16(17)19/h4-9,11,20H,10H2,1H3,(H,21,22). The Bertz CT molecular complexity index is 946. The minimum atomic E-state index is -4.12. The van der Waals surface area contributed by atoms with Crippen LogP contribution in [-0.2, 0) is 14.8 Å². The van der Waals surface area contributed by atoms with Gasteiger partial charge in [-0.15, -0.1) is 0 Å². The fourth-order valence-electron chi connectivity index (χ4n) is 1.89. The van der Waals surface area contributed by atoms with Crippen molar-refractivity contribution in [3.63, 3.8) is 0 Å². The zero-order valence-electron chi connectivity index (χ0n) is 13.1. The Morgan fingerprint density at radius 1 is 1.12 bits per heavy atom. The van der Waals surface area contributed by atoms with E-state index in [0.29, 0.717) is 17.3 Å². The number of benzene rings is 2. The van der Waals surface area contributed by atoms with Crippen molar-refractivity contribution in [1.29, 1.82) is 0 Å². The number of hydrogen-bond donors (Lipinski definition) is 2. The molecule has 2 aromatic carbocycles. The Hall–Kier alpha value is -2.76. The van der Waals surface area contributed by atoms with E-state index >= 15 is 0 Å². The van der Waals surface area contributed by atoms with Crippen LogP contribution >= 0.6 is 0 Å². The molecule has 0 aromatic heterocycles. The Labute approximate surface area is 144 Å². The van der Waals surface area contributed by atoms with Gasteiger partial charge in [-0.1, -0.05) is 11.8 Å². The van der Waals surface area contributed by atoms with Crippen LogP contribution in [0.25, 0.3) is 0 Å². The lowest BCUT2D eigenvalue weighted by Crippen LogP contribution is -2.25. The molecule has 0 radical (unpaired) electrons. The summed E-state index contributed by atoms with van der Waals surface area (Å²) in [5.41, 5.74) is 1.23. The molecule has 1 amide bonds. The smallest absolute Gasteiger partial charge is 0.244 e. The first kappa shape index (κ1) is 18.6. The SMILES string of the molecule is CC(=O)Nc1ccc(C#CCNS(=O)(=O)c2ccc(F)cc2F)cc1. The second kappa shape index (κ2) is 7.88. The van der Waals surface area contributed by atoms with Gasteiger partial charge in [0.05, 0.1) is 6.54 Å². The maximum atomic E-state index is 13.5. The van der Waals surface area contributed by atoms with E-state index in [4.69, 9.17) is 0 Å². The summed E-state index contributed by atoms with van der Waals surface area (Å²) >= 11 is 0. The van der Waals surface area contributed by atoms with Crippen LogP contribution in [0.2, 0.25) is 0 Å². The van der Waals surface area contributed by atoms with Crippen molar-refractivity contribution >= 4 is 21.6 Å². The van der Waals surface area contributed by atoms with Crippen molar-refractivity contribution in [1.82, 2.24) is 4.72 Å². The number of rotatable bonds is 4. The number of nitrogens with one attached hydrogen (secondary N) is 2. The van der Waals surface area contributed by atoms with Crippen LogP contribution in [0, 0.1) is 23.5 Å². The predicted molar refractivity (Wildman–Crippen MR) is 89.2 cm³/mol. The Balaban J connectivity index is 2.00. The molecule has 25 heavy (non-hydrogen) atoms. The van der Waals surface area contributed by atoms with E-state index in [2.05, 4.69) is 21.9 Å². The molecule has 0 fully saturated rings. The lowest BCUT2D eigenvalue weighted by Gasteiger charge is -2.05. The first-order chi connectivity index (χ1) is 11.8. The molecule has 0 atom stereocenters. The van der Waals surface area contributed by atoms with Crippen LogP contribution < -0.4 is 10.0 Å². The Morgan fingerprint density at radius 2 is 1.80 bits per heavy atom. The number of sulfonamides is 1. The highest BCUT2D eigenvalue weighted by atomic mass is 32.2. The highest BCUT2D eigenvalue weighted by Gasteiger charge is 2.18. The van der Waals surface area contributed by atoms with Crippen LogP contribution in [0.15, 0.2) is 47.4 Å². The molecule has 0 heterocycles. The molecule has 0 saturated carbocycles. The minimum Gasteiger partial charge on any atom is -0.326 e. The number of halogens is 2. The van der Waals surface area contributed by atoms with Crippen molar-refractivity contribution in [3.05, 3.63) is 59.7 Å². The number of anilines is 1. The molecule has 0 unspecified atom stereocenters. The van der Waals surface area contributed by atoms with Gasteiger partial charge in [-0.05, 0) is 36.4 Å². The lowest BCUT2D eigenvalue weighted by molar-refractivity contribution is -0.114. The summed E-state index contributed by atoms with van der Waals surface area (Å²) in [5.74, 6) is 3.10. The van der Waals surface area contributed by atoms with Crippen molar-refractivity contribution in [2.75, 3.05) is 11.9 Å². The molecule has 0 bridgehead atoms. The minimum absolute atomic E-state index is 0.193. The van der Waals surface area contributed by atoms with E-state index in [1.54, 1.807) is 24.3 Å². The molecule has 0 spiro atoms. The van der Waals surface area contributed by atoms with Gasteiger partial charge in [-0.2, -0.15) is 4.72 Å². The maximum absolute atomic E-state index is 13.5. The van der Waals surface area contributed by atoms with Gasteiger partial charge < -0.3 is 5.32 Å².